The summed E-state index contributed by atoms with van der Waals surface area (Å²) in [6, 6.07) is 2.26. The topological polar surface area (TPSA) is 23.8 Å². The standard InChI is InChI=1S/C9H17N/c1-4-9(5-2,6-3)7-8-10/h4-7H2,1-3H3. The van der Waals surface area contributed by atoms with Crippen LogP contribution in [0.5, 0.6) is 0 Å². The van der Waals surface area contributed by atoms with Gasteiger partial charge in [0.25, 0.3) is 0 Å². The molecule has 0 aliphatic heterocycles. The fraction of sp³-hybridized carbons (Fsp3) is 0.889. The second-order valence-corrected chi connectivity index (χ2v) is 2.90. The SMILES string of the molecule is CCC(CC)(CC)CC#N. The molecule has 0 heterocycles. The van der Waals surface area contributed by atoms with Crippen molar-refractivity contribution in [3.63, 3.8) is 0 Å². The molecule has 0 amide bonds. The molecule has 58 valence electrons. The molecule has 0 radical (unpaired) electrons. The third-order valence-electron chi connectivity index (χ3n) is 2.70. The molecule has 0 aliphatic rings. The van der Waals surface area contributed by atoms with Crippen molar-refractivity contribution < 1.29 is 0 Å². The Morgan fingerprint density at radius 2 is 1.50 bits per heavy atom. The second kappa shape index (κ2) is 4.33. The summed E-state index contributed by atoms with van der Waals surface area (Å²) in [5.41, 5.74) is 0.314. The lowest BCUT2D eigenvalue weighted by atomic mass is 9.77. The van der Waals surface area contributed by atoms with Crippen molar-refractivity contribution in [3.8, 4) is 6.07 Å². The minimum absolute atomic E-state index is 0.314. The molecule has 0 aromatic heterocycles. The largest absolute Gasteiger partial charge is 0.198 e. The predicted molar refractivity (Wildman–Crippen MR) is 43.5 cm³/mol. The van der Waals surface area contributed by atoms with E-state index < -0.39 is 0 Å². The molecule has 0 bridgehead atoms. The van der Waals surface area contributed by atoms with Crippen molar-refractivity contribution in [2.45, 2.75) is 46.5 Å². The number of nitriles is 1. The zero-order valence-electron chi connectivity index (χ0n) is 7.28. The minimum atomic E-state index is 0.314. The zero-order chi connectivity index (χ0) is 8.04. The minimum Gasteiger partial charge on any atom is -0.198 e. The molecule has 0 aromatic rings. The van der Waals surface area contributed by atoms with E-state index in [4.69, 9.17) is 5.26 Å². The molecule has 10 heavy (non-hydrogen) atoms. The van der Waals surface area contributed by atoms with Gasteiger partial charge in [-0.05, 0) is 24.7 Å². The van der Waals surface area contributed by atoms with Crippen molar-refractivity contribution in [2.75, 3.05) is 0 Å². The Hall–Kier alpha value is -0.510. The highest BCUT2D eigenvalue weighted by atomic mass is 14.3. The van der Waals surface area contributed by atoms with Crippen LogP contribution in [-0.4, -0.2) is 0 Å². The zero-order valence-corrected chi connectivity index (χ0v) is 7.28. The molecule has 0 rings (SSSR count). The van der Waals surface area contributed by atoms with Gasteiger partial charge in [-0.15, -0.1) is 0 Å². The summed E-state index contributed by atoms with van der Waals surface area (Å²) in [5, 5.41) is 8.55. The van der Waals surface area contributed by atoms with Crippen LogP contribution in [0.25, 0.3) is 0 Å². The molecular formula is C9H17N. The molecule has 0 unspecified atom stereocenters. The average molecular weight is 139 g/mol. The van der Waals surface area contributed by atoms with Crippen LogP contribution in [0.15, 0.2) is 0 Å². The Bertz CT molecular complexity index is 109. The predicted octanol–water partition coefficient (Wildman–Crippen LogP) is 3.12. The van der Waals surface area contributed by atoms with E-state index in [0.717, 1.165) is 25.7 Å². The van der Waals surface area contributed by atoms with Crippen LogP contribution in [0.4, 0.5) is 0 Å². The first-order chi connectivity index (χ1) is 4.74. The highest BCUT2D eigenvalue weighted by Crippen LogP contribution is 2.33. The van der Waals surface area contributed by atoms with Gasteiger partial charge in [0.2, 0.25) is 0 Å². The summed E-state index contributed by atoms with van der Waals surface area (Å²) in [6.07, 6.45) is 4.12. The highest BCUT2D eigenvalue weighted by molar-refractivity contribution is 4.85. The fourth-order valence-electron chi connectivity index (χ4n) is 1.29. The van der Waals surface area contributed by atoms with Crippen molar-refractivity contribution in [1.82, 2.24) is 0 Å². The Balaban J connectivity index is 4.04. The Labute approximate surface area is 64.1 Å². The van der Waals surface area contributed by atoms with E-state index in [1.54, 1.807) is 0 Å². The molecule has 0 atom stereocenters. The molecule has 1 heteroatoms. The van der Waals surface area contributed by atoms with E-state index in [1.807, 2.05) is 0 Å². The third-order valence-corrected chi connectivity index (χ3v) is 2.70. The number of hydrogen-bond acceptors (Lipinski definition) is 1. The van der Waals surface area contributed by atoms with Gasteiger partial charge in [-0.2, -0.15) is 5.26 Å². The molecule has 0 spiro atoms. The summed E-state index contributed by atoms with van der Waals surface area (Å²) >= 11 is 0. The Morgan fingerprint density at radius 1 is 1.10 bits per heavy atom. The van der Waals surface area contributed by atoms with Gasteiger partial charge in [0.05, 0.1) is 6.07 Å². The van der Waals surface area contributed by atoms with E-state index in [0.29, 0.717) is 5.41 Å². The molecule has 0 saturated carbocycles. The number of hydrogen-bond donors (Lipinski definition) is 0. The lowest BCUT2D eigenvalue weighted by Gasteiger charge is -2.26. The van der Waals surface area contributed by atoms with Gasteiger partial charge < -0.3 is 0 Å². The maximum Gasteiger partial charge on any atom is 0.0627 e. The van der Waals surface area contributed by atoms with Crippen LogP contribution in [-0.2, 0) is 0 Å². The van der Waals surface area contributed by atoms with Crippen LogP contribution in [0.1, 0.15) is 46.5 Å². The molecule has 0 aromatic carbocycles. The van der Waals surface area contributed by atoms with Crippen LogP contribution < -0.4 is 0 Å². The summed E-state index contributed by atoms with van der Waals surface area (Å²) in [5.74, 6) is 0. The Morgan fingerprint density at radius 3 is 1.60 bits per heavy atom. The summed E-state index contributed by atoms with van der Waals surface area (Å²) < 4.78 is 0. The molecule has 0 N–H and O–H groups in total. The van der Waals surface area contributed by atoms with Gasteiger partial charge in [0.15, 0.2) is 0 Å². The van der Waals surface area contributed by atoms with E-state index in [-0.39, 0.29) is 0 Å². The number of nitrogens with zero attached hydrogens (tertiary/aromatic N) is 1. The molecule has 0 fully saturated rings. The van der Waals surface area contributed by atoms with E-state index in [9.17, 15) is 0 Å². The number of rotatable bonds is 4. The fourth-order valence-corrected chi connectivity index (χ4v) is 1.29. The van der Waals surface area contributed by atoms with Crippen molar-refractivity contribution in [1.29, 1.82) is 5.26 Å². The van der Waals surface area contributed by atoms with Gasteiger partial charge in [-0.1, -0.05) is 20.8 Å². The molecular weight excluding hydrogens is 122 g/mol. The van der Waals surface area contributed by atoms with Gasteiger partial charge in [0, 0.05) is 6.42 Å². The molecule has 0 saturated heterocycles. The first kappa shape index (κ1) is 9.49. The van der Waals surface area contributed by atoms with Gasteiger partial charge >= 0.3 is 0 Å². The monoisotopic (exact) mass is 139 g/mol. The third kappa shape index (κ3) is 2.02. The maximum atomic E-state index is 8.55. The van der Waals surface area contributed by atoms with Crippen LogP contribution >= 0.6 is 0 Å². The van der Waals surface area contributed by atoms with Crippen molar-refractivity contribution in [2.24, 2.45) is 5.41 Å². The normalized spacial score (nSPS) is 11.0. The van der Waals surface area contributed by atoms with E-state index in [2.05, 4.69) is 26.8 Å². The van der Waals surface area contributed by atoms with Crippen LogP contribution in [0.2, 0.25) is 0 Å². The first-order valence-electron chi connectivity index (χ1n) is 4.11. The maximum absolute atomic E-state index is 8.55. The van der Waals surface area contributed by atoms with Crippen LogP contribution in [0.3, 0.4) is 0 Å². The average Bonchev–Trinajstić information content (AvgIpc) is 2.01. The smallest absolute Gasteiger partial charge is 0.0627 e. The summed E-state index contributed by atoms with van der Waals surface area (Å²) in [4.78, 5) is 0. The summed E-state index contributed by atoms with van der Waals surface area (Å²) in [6.45, 7) is 6.51. The van der Waals surface area contributed by atoms with Crippen LogP contribution in [0, 0.1) is 16.7 Å². The molecule has 0 aliphatic carbocycles. The second-order valence-electron chi connectivity index (χ2n) is 2.90. The quantitative estimate of drug-likeness (QED) is 0.587. The van der Waals surface area contributed by atoms with Gasteiger partial charge in [0.1, 0.15) is 0 Å². The molecule has 1 nitrogen and oxygen atoms in total. The Kier molecular flexibility index (Phi) is 4.11. The van der Waals surface area contributed by atoms with Crippen molar-refractivity contribution in [3.05, 3.63) is 0 Å². The lowest BCUT2D eigenvalue weighted by Crippen LogP contribution is -2.16. The van der Waals surface area contributed by atoms with Gasteiger partial charge in [-0.3, -0.25) is 0 Å². The highest BCUT2D eigenvalue weighted by Gasteiger charge is 2.22. The summed E-state index contributed by atoms with van der Waals surface area (Å²) in [7, 11) is 0. The van der Waals surface area contributed by atoms with E-state index in [1.165, 1.54) is 0 Å². The van der Waals surface area contributed by atoms with E-state index >= 15 is 0 Å². The van der Waals surface area contributed by atoms with Gasteiger partial charge in [-0.25, -0.2) is 0 Å². The van der Waals surface area contributed by atoms with Crippen molar-refractivity contribution >= 4 is 0 Å². The lowest BCUT2D eigenvalue weighted by molar-refractivity contribution is 0.257. The first-order valence-corrected chi connectivity index (χ1v) is 4.11.